The number of carbonyl (C=O) groups is 2. The number of hydrogen-bond acceptors (Lipinski definition) is 7. The Labute approximate surface area is 219 Å². The van der Waals surface area contributed by atoms with E-state index in [-0.39, 0.29) is 24.8 Å². The fourth-order valence-corrected chi connectivity index (χ4v) is 3.97. The van der Waals surface area contributed by atoms with Gasteiger partial charge >= 0.3 is 0 Å². The van der Waals surface area contributed by atoms with E-state index in [1.54, 1.807) is 49.4 Å². The molecule has 194 valence electrons. The maximum Gasteiger partial charge on any atom is 0.251 e. The molecule has 0 aliphatic carbocycles. The molecule has 1 N–H and O–H groups in total. The first-order chi connectivity index (χ1) is 17.5. The summed E-state index contributed by atoms with van der Waals surface area (Å²) in [7, 11) is 0. The summed E-state index contributed by atoms with van der Waals surface area (Å²) in [6, 6.07) is 13.1. The van der Waals surface area contributed by atoms with Crippen molar-refractivity contribution in [1.82, 2.24) is 30.4 Å². The van der Waals surface area contributed by atoms with Crippen LogP contribution in [0.4, 0.5) is 0 Å². The largest absolute Gasteiger partial charge is 0.464 e. The number of furan rings is 2. The molecule has 0 radical (unpaired) electrons. The van der Waals surface area contributed by atoms with Gasteiger partial charge in [-0.2, -0.15) is 4.80 Å². The Morgan fingerprint density at radius 3 is 2.38 bits per heavy atom. The van der Waals surface area contributed by atoms with E-state index in [9.17, 15) is 9.59 Å². The maximum atomic E-state index is 13.8. The van der Waals surface area contributed by atoms with Crippen molar-refractivity contribution in [3.63, 3.8) is 0 Å². The number of rotatable bonds is 8. The van der Waals surface area contributed by atoms with Gasteiger partial charge in [-0.15, -0.1) is 10.2 Å². The van der Waals surface area contributed by atoms with Gasteiger partial charge in [0.25, 0.3) is 5.91 Å². The zero-order valence-electron chi connectivity index (χ0n) is 21.4. The van der Waals surface area contributed by atoms with Crippen molar-refractivity contribution in [1.29, 1.82) is 0 Å². The molecule has 0 aliphatic rings. The molecule has 0 bridgehead atoms. The van der Waals surface area contributed by atoms with Crippen molar-refractivity contribution in [2.24, 2.45) is 0 Å². The minimum atomic E-state index is -1.06. The van der Waals surface area contributed by atoms with E-state index in [4.69, 9.17) is 20.4 Å². The average molecular weight is 525 g/mol. The Morgan fingerprint density at radius 1 is 1.05 bits per heavy atom. The highest BCUT2D eigenvalue weighted by atomic mass is 35.5. The zero-order chi connectivity index (χ0) is 26.7. The molecule has 0 aliphatic heterocycles. The normalized spacial score (nSPS) is 12.4. The quantitative estimate of drug-likeness (QED) is 0.361. The first-order valence-corrected chi connectivity index (χ1v) is 12.1. The van der Waals surface area contributed by atoms with Gasteiger partial charge in [-0.3, -0.25) is 9.59 Å². The number of aromatic nitrogens is 4. The summed E-state index contributed by atoms with van der Waals surface area (Å²) in [5, 5.41) is 15.7. The van der Waals surface area contributed by atoms with Gasteiger partial charge in [0.2, 0.25) is 11.7 Å². The molecule has 0 spiro atoms. The molecule has 0 saturated heterocycles. The van der Waals surface area contributed by atoms with Crippen LogP contribution in [0.2, 0.25) is 5.02 Å². The molecule has 3 aromatic heterocycles. The van der Waals surface area contributed by atoms with Crippen LogP contribution in [0.15, 0.2) is 57.4 Å². The van der Waals surface area contributed by atoms with Gasteiger partial charge in [0, 0.05) is 17.1 Å². The van der Waals surface area contributed by atoms with Crippen LogP contribution in [-0.2, 0) is 22.7 Å². The third kappa shape index (κ3) is 6.45. The lowest BCUT2D eigenvalue weighted by atomic mass is 10.1. The summed E-state index contributed by atoms with van der Waals surface area (Å²) in [6.45, 7) is 8.98. The summed E-state index contributed by atoms with van der Waals surface area (Å²) in [6.07, 6.45) is 0. The first-order valence-electron chi connectivity index (χ1n) is 11.8. The first kappa shape index (κ1) is 26.2. The molecule has 10 nitrogen and oxygen atoms in total. The Kier molecular flexibility index (Phi) is 7.49. The maximum absolute atomic E-state index is 13.8. The van der Waals surface area contributed by atoms with Crippen LogP contribution in [0.3, 0.4) is 0 Å². The smallest absolute Gasteiger partial charge is 0.251 e. The molecule has 2 amide bonds. The number of carbonyl (C=O) groups excluding carboxylic acids is 2. The minimum absolute atomic E-state index is 0.0550. The van der Waals surface area contributed by atoms with Crippen molar-refractivity contribution >= 4 is 23.4 Å². The van der Waals surface area contributed by atoms with E-state index >= 15 is 0 Å². The second kappa shape index (κ2) is 10.6. The molecule has 4 aromatic rings. The molecule has 4 rings (SSSR count). The second-order valence-electron chi connectivity index (χ2n) is 9.76. The van der Waals surface area contributed by atoms with E-state index < -0.39 is 17.5 Å². The Morgan fingerprint density at radius 2 is 1.76 bits per heavy atom. The fourth-order valence-electron chi connectivity index (χ4n) is 3.77. The molecular weight excluding hydrogens is 496 g/mol. The molecule has 1 aromatic carbocycles. The van der Waals surface area contributed by atoms with E-state index in [1.165, 1.54) is 9.70 Å². The highest BCUT2D eigenvalue weighted by Crippen LogP contribution is 2.28. The van der Waals surface area contributed by atoms with Gasteiger partial charge in [0.15, 0.2) is 11.8 Å². The lowest BCUT2D eigenvalue weighted by molar-refractivity contribution is -0.143. The second-order valence-corrected chi connectivity index (χ2v) is 10.2. The molecule has 0 fully saturated rings. The van der Waals surface area contributed by atoms with Crippen molar-refractivity contribution in [3.05, 3.63) is 76.4 Å². The van der Waals surface area contributed by atoms with Gasteiger partial charge in [-0.05, 0) is 75.7 Å². The lowest BCUT2D eigenvalue weighted by Gasteiger charge is -2.32. The van der Waals surface area contributed by atoms with Crippen molar-refractivity contribution in [2.75, 3.05) is 0 Å². The number of nitrogens with zero attached hydrogens (tertiary/aromatic N) is 5. The molecule has 0 unspecified atom stereocenters. The van der Waals surface area contributed by atoms with E-state index in [2.05, 4.69) is 20.7 Å². The number of amides is 2. The molecule has 37 heavy (non-hydrogen) atoms. The van der Waals surface area contributed by atoms with Crippen molar-refractivity contribution < 1.29 is 18.4 Å². The number of nitrogens with one attached hydrogen (secondary N) is 1. The highest BCUT2D eigenvalue weighted by molar-refractivity contribution is 6.31. The van der Waals surface area contributed by atoms with Crippen LogP contribution in [0.5, 0.6) is 0 Å². The van der Waals surface area contributed by atoms with Crippen LogP contribution in [0, 0.1) is 13.8 Å². The van der Waals surface area contributed by atoms with Gasteiger partial charge in [0.1, 0.15) is 23.8 Å². The molecule has 11 heteroatoms. The van der Waals surface area contributed by atoms with Gasteiger partial charge in [-0.25, -0.2) is 0 Å². The summed E-state index contributed by atoms with van der Waals surface area (Å²) in [5.74, 6) is 1.53. The Balaban J connectivity index is 1.70. The summed E-state index contributed by atoms with van der Waals surface area (Å²) in [5.41, 5.74) is 0.132. The van der Waals surface area contributed by atoms with E-state index in [0.717, 1.165) is 0 Å². The van der Waals surface area contributed by atoms with Crippen LogP contribution >= 0.6 is 11.6 Å². The minimum Gasteiger partial charge on any atom is -0.464 e. The fraction of sp³-hybridized carbons (Fsp3) is 0.346. The standard InChI is InChI=1S/C26H29ClN6O4/c1-16-10-12-20(36-16)23(25(35)28-26(3,4)5)32(14-18-8-6-7-9-19(18)27)22(34)15-33-30-24(29-31-33)21-13-11-17(2)37-21/h6-13,23H,14-15H2,1-5H3,(H,28,35)/t23-/m1/s1. The highest BCUT2D eigenvalue weighted by Gasteiger charge is 2.36. The van der Waals surface area contributed by atoms with Crippen molar-refractivity contribution in [2.45, 2.75) is 59.3 Å². The van der Waals surface area contributed by atoms with Gasteiger partial charge in [-0.1, -0.05) is 29.8 Å². The Bertz CT molecular complexity index is 1400. The predicted octanol–water partition coefficient (Wildman–Crippen LogP) is 4.48. The monoisotopic (exact) mass is 524 g/mol. The number of tetrazole rings is 1. The van der Waals surface area contributed by atoms with Crippen LogP contribution in [0.1, 0.15) is 49.7 Å². The topological polar surface area (TPSA) is 119 Å². The van der Waals surface area contributed by atoms with Gasteiger partial charge < -0.3 is 19.1 Å². The number of aryl methyl sites for hydroxylation is 2. The summed E-state index contributed by atoms with van der Waals surface area (Å²) in [4.78, 5) is 29.9. The van der Waals surface area contributed by atoms with E-state index in [1.807, 2.05) is 33.8 Å². The number of halogens is 1. The predicted molar refractivity (Wildman–Crippen MR) is 136 cm³/mol. The molecular formula is C26H29ClN6O4. The summed E-state index contributed by atoms with van der Waals surface area (Å²) >= 11 is 6.43. The van der Waals surface area contributed by atoms with Crippen LogP contribution < -0.4 is 5.32 Å². The van der Waals surface area contributed by atoms with E-state index in [0.29, 0.717) is 33.6 Å². The number of hydrogen-bond donors (Lipinski definition) is 1. The van der Waals surface area contributed by atoms with Crippen LogP contribution in [0.25, 0.3) is 11.6 Å². The number of benzene rings is 1. The molecule has 0 saturated carbocycles. The third-order valence-electron chi connectivity index (χ3n) is 5.40. The third-order valence-corrected chi connectivity index (χ3v) is 5.77. The summed E-state index contributed by atoms with van der Waals surface area (Å²) < 4.78 is 11.4. The molecule has 3 heterocycles. The molecule has 1 atom stereocenters. The lowest BCUT2D eigenvalue weighted by Crippen LogP contribution is -2.49. The van der Waals surface area contributed by atoms with Gasteiger partial charge in [0.05, 0.1) is 0 Å². The van der Waals surface area contributed by atoms with Crippen LogP contribution in [-0.4, -0.2) is 42.5 Å². The Hall–Kier alpha value is -3.92. The van der Waals surface area contributed by atoms with Crippen molar-refractivity contribution in [3.8, 4) is 11.6 Å². The average Bonchev–Trinajstić information content (AvgIpc) is 3.55. The SMILES string of the molecule is Cc1ccc(-c2nnn(CC(=O)N(Cc3ccccc3Cl)[C@@H](C(=O)NC(C)(C)C)c3ccc(C)o3)n2)o1. The zero-order valence-corrected chi connectivity index (χ0v) is 22.1.